The number of nitrogens with zero attached hydrogens (tertiary/aromatic N) is 1. The molecule has 0 radical (unpaired) electrons. The van der Waals surface area contributed by atoms with Gasteiger partial charge in [0, 0.05) is 12.4 Å². The normalized spacial score (nSPS) is 22.4. The van der Waals surface area contributed by atoms with E-state index in [9.17, 15) is 4.39 Å². The molecular formula is C18H23FN2O. The van der Waals surface area contributed by atoms with Gasteiger partial charge in [0.25, 0.3) is 0 Å². The van der Waals surface area contributed by atoms with Crippen LogP contribution in [0.25, 0.3) is 0 Å². The van der Waals surface area contributed by atoms with E-state index >= 15 is 0 Å². The van der Waals surface area contributed by atoms with Crippen molar-refractivity contribution in [1.29, 1.82) is 0 Å². The largest absolute Gasteiger partial charge is 0.372 e. The smallest absolute Gasteiger partial charge is 0.123 e. The third kappa shape index (κ3) is 4.61. The summed E-state index contributed by atoms with van der Waals surface area (Å²) in [4.78, 5) is 4.09. The highest BCUT2D eigenvalue weighted by Gasteiger charge is 2.29. The van der Waals surface area contributed by atoms with E-state index in [4.69, 9.17) is 4.74 Å². The second-order valence-corrected chi connectivity index (χ2v) is 5.64. The first-order chi connectivity index (χ1) is 10.6. The van der Waals surface area contributed by atoms with Gasteiger partial charge >= 0.3 is 0 Å². The Morgan fingerprint density at radius 3 is 3.05 bits per heavy atom. The molecule has 0 amide bonds. The number of halogens is 1. The van der Waals surface area contributed by atoms with Crippen LogP contribution in [0.15, 0.2) is 47.6 Å². The Bertz CT molecular complexity index is 560. The summed E-state index contributed by atoms with van der Waals surface area (Å²) in [7, 11) is 0. The second kappa shape index (κ2) is 8.01. The van der Waals surface area contributed by atoms with Crippen molar-refractivity contribution in [3.8, 4) is 0 Å². The van der Waals surface area contributed by atoms with Gasteiger partial charge in [-0.25, -0.2) is 4.39 Å². The lowest BCUT2D eigenvalue weighted by molar-refractivity contribution is 0.0604. The predicted octanol–water partition coefficient (Wildman–Crippen LogP) is 3.71. The van der Waals surface area contributed by atoms with E-state index in [1.807, 2.05) is 19.9 Å². The van der Waals surface area contributed by atoms with Crippen molar-refractivity contribution in [3.63, 3.8) is 0 Å². The first kappa shape index (κ1) is 16.6. The molecule has 4 heteroatoms. The maximum Gasteiger partial charge on any atom is 0.123 e. The summed E-state index contributed by atoms with van der Waals surface area (Å²) >= 11 is 0. The fraction of sp³-hybridized carbons (Fsp3) is 0.389. The predicted molar refractivity (Wildman–Crippen MR) is 88.7 cm³/mol. The van der Waals surface area contributed by atoms with Crippen LogP contribution in [0, 0.1) is 12.7 Å². The molecule has 1 aromatic carbocycles. The van der Waals surface area contributed by atoms with E-state index in [0.717, 1.165) is 29.7 Å². The van der Waals surface area contributed by atoms with Crippen molar-refractivity contribution in [2.45, 2.75) is 32.4 Å². The Kier molecular flexibility index (Phi) is 6.04. The number of nitrogens with one attached hydrogen (secondary N) is 1. The van der Waals surface area contributed by atoms with Crippen molar-refractivity contribution < 1.29 is 9.13 Å². The van der Waals surface area contributed by atoms with E-state index < -0.39 is 0 Å². The van der Waals surface area contributed by atoms with Crippen molar-refractivity contribution in [3.05, 3.63) is 59.6 Å². The van der Waals surface area contributed by atoms with Gasteiger partial charge in [0.1, 0.15) is 5.82 Å². The van der Waals surface area contributed by atoms with Crippen LogP contribution in [-0.2, 0) is 4.74 Å². The third-order valence-electron chi connectivity index (χ3n) is 3.60. The molecule has 0 saturated carbocycles. The zero-order valence-electron chi connectivity index (χ0n) is 13.2. The Labute approximate surface area is 131 Å². The van der Waals surface area contributed by atoms with Crippen LogP contribution in [0.3, 0.4) is 0 Å². The van der Waals surface area contributed by atoms with Crippen LogP contribution in [-0.4, -0.2) is 25.5 Å². The highest BCUT2D eigenvalue weighted by molar-refractivity contribution is 5.70. The number of rotatable bonds is 6. The van der Waals surface area contributed by atoms with Gasteiger partial charge in [0.2, 0.25) is 0 Å². The fourth-order valence-corrected chi connectivity index (χ4v) is 2.64. The Morgan fingerprint density at radius 1 is 1.50 bits per heavy atom. The standard InChI is InChI=1S/C18H23FN2O/c1-4-6-20-11-14(3)12-22-17-5-7-21-18(17)15-8-13(2)9-16(19)10-15/h4,6,8-11,17-18,21H,1,5,7,12H2,2-3H3/b14-11+,20-6?/t17-,18?/m1/s1. The van der Waals surface area contributed by atoms with Gasteiger partial charge in [-0.3, -0.25) is 4.99 Å². The maximum atomic E-state index is 13.6. The molecule has 0 bridgehead atoms. The van der Waals surface area contributed by atoms with Crippen molar-refractivity contribution in [2.75, 3.05) is 13.2 Å². The second-order valence-electron chi connectivity index (χ2n) is 5.64. The molecule has 0 spiro atoms. The van der Waals surface area contributed by atoms with Gasteiger partial charge in [0.05, 0.1) is 18.8 Å². The van der Waals surface area contributed by atoms with Crippen LogP contribution in [0.4, 0.5) is 4.39 Å². The summed E-state index contributed by atoms with van der Waals surface area (Å²) in [5, 5.41) is 3.40. The molecule has 1 heterocycles. The zero-order valence-corrected chi connectivity index (χ0v) is 13.2. The number of aryl methyl sites for hydroxylation is 1. The molecule has 0 aromatic heterocycles. The molecule has 1 unspecified atom stereocenters. The maximum absolute atomic E-state index is 13.6. The lowest BCUT2D eigenvalue weighted by atomic mass is 10.0. The molecule has 1 aromatic rings. The minimum atomic E-state index is -0.197. The number of allylic oxidation sites excluding steroid dienone is 1. The lowest BCUT2D eigenvalue weighted by Gasteiger charge is -2.21. The van der Waals surface area contributed by atoms with Crippen molar-refractivity contribution in [2.24, 2.45) is 4.99 Å². The van der Waals surface area contributed by atoms with Crippen LogP contribution in [0.1, 0.15) is 30.5 Å². The quantitative estimate of drug-likeness (QED) is 0.813. The van der Waals surface area contributed by atoms with Gasteiger partial charge in [-0.15, -0.1) is 0 Å². The molecule has 2 rings (SSSR count). The summed E-state index contributed by atoms with van der Waals surface area (Å²) < 4.78 is 19.6. The molecule has 0 aliphatic carbocycles. The first-order valence-corrected chi connectivity index (χ1v) is 7.52. The summed E-state index contributed by atoms with van der Waals surface area (Å²) in [5.41, 5.74) is 2.92. The average molecular weight is 302 g/mol. The third-order valence-corrected chi connectivity index (χ3v) is 3.60. The molecule has 1 saturated heterocycles. The number of aliphatic imine (C=N–C) groups is 1. The number of benzene rings is 1. The minimum Gasteiger partial charge on any atom is -0.372 e. The Morgan fingerprint density at radius 2 is 2.32 bits per heavy atom. The molecule has 2 atom stereocenters. The Balaban J connectivity index is 2.00. The van der Waals surface area contributed by atoms with Gasteiger partial charge < -0.3 is 10.1 Å². The van der Waals surface area contributed by atoms with E-state index in [1.165, 1.54) is 0 Å². The zero-order chi connectivity index (χ0) is 15.9. The summed E-state index contributed by atoms with van der Waals surface area (Å²) in [6, 6.07) is 5.18. The molecule has 118 valence electrons. The Hall–Kier alpha value is -1.78. The van der Waals surface area contributed by atoms with Gasteiger partial charge in [-0.05, 0) is 55.6 Å². The molecule has 1 fully saturated rings. The van der Waals surface area contributed by atoms with E-state index in [1.54, 1.807) is 30.6 Å². The number of hydrogen-bond donors (Lipinski definition) is 1. The summed E-state index contributed by atoms with van der Waals surface area (Å²) in [5.74, 6) is -0.197. The molecule has 22 heavy (non-hydrogen) atoms. The van der Waals surface area contributed by atoms with E-state index in [-0.39, 0.29) is 18.0 Å². The van der Waals surface area contributed by atoms with Gasteiger partial charge in [-0.2, -0.15) is 0 Å². The van der Waals surface area contributed by atoms with Crippen LogP contribution in [0.5, 0.6) is 0 Å². The fourth-order valence-electron chi connectivity index (χ4n) is 2.64. The van der Waals surface area contributed by atoms with E-state index in [0.29, 0.717) is 6.61 Å². The summed E-state index contributed by atoms with van der Waals surface area (Å²) in [6.07, 6.45) is 6.01. The highest BCUT2D eigenvalue weighted by Crippen LogP contribution is 2.28. The molecule has 1 aliphatic rings. The average Bonchev–Trinajstić information content (AvgIpc) is 2.93. The molecular weight excluding hydrogens is 279 g/mol. The summed E-state index contributed by atoms with van der Waals surface area (Å²) in [6.45, 7) is 8.85. The lowest BCUT2D eigenvalue weighted by Crippen LogP contribution is -2.24. The SMILES string of the molecule is C=CC=N/C=C(\C)CO[C@@H]1CCNC1c1cc(C)cc(F)c1. The van der Waals surface area contributed by atoms with Gasteiger partial charge in [-0.1, -0.05) is 18.7 Å². The van der Waals surface area contributed by atoms with Gasteiger partial charge in [0.15, 0.2) is 0 Å². The van der Waals surface area contributed by atoms with Crippen molar-refractivity contribution in [1.82, 2.24) is 5.32 Å². The molecule has 1 aliphatic heterocycles. The number of ether oxygens (including phenoxy) is 1. The topological polar surface area (TPSA) is 33.6 Å². The molecule has 3 nitrogen and oxygen atoms in total. The number of hydrogen-bond acceptors (Lipinski definition) is 3. The highest BCUT2D eigenvalue weighted by atomic mass is 19.1. The van der Waals surface area contributed by atoms with Crippen molar-refractivity contribution >= 4 is 6.21 Å². The monoisotopic (exact) mass is 302 g/mol. The minimum absolute atomic E-state index is 0.0406. The van der Waals surface area contributed by atoms with Crippen LogP contribution < -0.4 is 5.32 Å². The first-order valence-electron chi connectivity index (χ1n) is 7.52. The van der Waals surface area contributed by atoms with E-state index in [2.05, 4.69) is 16.9 Å². The van der Waals surface area contributed by atoms with Crippen LogP contribution in [0.2, 0.25) is 0 Å². The van der Waals surface area contributed by atoms with Crippen LogP contribution >= 0.6 is 0 Å². The molecule has 1 N–H and O–H groups in total.